The van der Waals surface area contributed by atoms with Gasteiger partial charge >= 0.3 is 0 Å². The van der Waals surface area contributed by atoms with E-state index in [4.69, 9.17) is 11.3 Å². The number of hydrogen-bond donors (Lipinski definition) is 3. The molecule has 0 saturated carbocycles. The maximum Gasteiger partial charge on any atom is 0.255 e. The number of carbonyl (C=O) groups is 1. The van der Waals surface area contributed by atoms with Gasteiger partial charge in [0.15, 0.2) is 5.84 Å². The van der Waals surface area contributed by atoms with Crippen molar-refractivity contribution in [1.29, 1.82) is 5.41 Å². The standard InChI is InChI=1S/C23H22N6OS/c1-2-29-20-6-4-3-5-18(20)19-12-9-16(13-21(19)29)26-23(30)15-7-10-17(11-8-15)31-14-22(24)27-28-25/h3-13H,2,14H2,1H3,(H,26,30)(H3,24,25,27). The van der Waals surface area contributed by atoms with Crippen LogP contribution in [0, 0.1) is 5.41 Å². The minimum atomic E-state index is -0.167. The summed E-state index contributed by atoms with van der Waals surface area (Å²) in [6.45, 7) is 2.97. The first kappa shape index (κ1) is 20.6. The summed E-state index contributed by atoms with van der Waals surface area (Å²) in [6.07, 6.45) is 0. The van der Waals surface area contributed by atoms with Gasteiger partial charge in [0.25, 0.3) is 5.91 Å². The molecule has 0 radical (unpaired) electrons. The van der Waals surface area contributed by atoms with Crippen LogP contribution in [0.5, 0.6) is 0 Å². The highest BCUT2D eigenvalue weighted by atomic mass is 32.2. The third-order valence-electron chi connectivity index (χ3n) is 5.02. The molecule has 8 heteroatoms. The van der Waals surface area contributed by atoms with Crippen LogP contribution >= 0.6 is 11.8 Å². The Kier molecular flexibility index (Phi) is 5.99. The molecule has 3 aromatic carbocycles. The van der Waals surface area contributed by atoms with E-state index in [0.717, 1.165) is 22.6 Å². The maximum atomic E-state index is 12.7. The Balaban J connectivity index is 1.52. The second-order valence-corrected chi connectivity index (χ2v) is 7.97. The molecular formula is C23H22N6OS. The molecule has 1 amide bonds. The Labute approximate surface area is 183 Å². The van der Waals surface area contributed by atoms with Gasteiger partial charge in [0.05, 0.1) is 11.3 Å². The second kappa shape index (κ2) is 9.01. The van der Waals surface area contributed by atoms with Gasteiger partial charge in [0.1, 0.15) is 0 Å². The third-order valence-corrected chi connectivity index (χ3v) is 6.04. The number of rotatable bonds is 6. The molecule has 0 unspecified atom stereocenters. The summed E-state index contributed by atoms with van der Waals surface area (Å²) in [4.78, 5) is 13.7. The van der Waals surface area contributed by atoms with Gasteiger partial charge in [-0.15, -0.1) is 16.9 Å². The van der Waals surface area contributed by atoms with Gasteiger partial charge in [-0.1, -0.05) is 29.5 Å². The molecule has 0 saturated heterocycles. The van der Waals surface area contributed by atoms with E-state index in [9.17, 15) is 4.79 Å². The first-order valence-electron chi connectivity index (χ1n) is 9.84. The maximum absolute atomic E-state index is 12.7. The first-order chi connectivity index (χ1) is 15.1. The zero-order valence-corrected chi connectivity index (χ0v) is 17.8. The van der Waals surface area contributed by atoms with Crippen LogP contribution in [0.25, 0.3) is 21.8 Å². The fraction of sp³-hybridized carbons (Fsp3) is 0.130. The number of carbonyl (C=O) groups excluding carboxylic acids is 1. The molecule has 31 heavy (non-hydrogen) atoms. The number of amidine groups is 1. The molecule has 4 rings (SSSR count). The molecule has 0 aliphatic heterocycles. The summed E-state index contributed by atoms with van der Waals surface area (Å²) in [7, 11) is 0. The van der Waals surface area contributed by atoms with Gasteiger partial charge in [-0.05, 0) is 49.4 Å². The van der Waals surface area contributed by atoms with Crippen LogP contribution < -0.4 is 11.2 Å². The second-order valence-electron chi connectivity index (χ2n) is 6.92. The molecule has 4 N–H and O–H groups in total. The van der Waals surface area contributed by atoms with E-state index in [1.165, 1.54) is 28.1 Å². The topological polar surface area (TPSA) is 109 Å². The Morgan fingerprint density at radius 1 is 1.06 bits per heavy atom. The molecular weight excluding hydrogens is 408 g/mol. The van der Waals surface area contributed by atoms with E-state index in [0.29, 0.717) is 11.3 Å². The molecule has 1 aromatic heterocycles. The van der Waals surface area contributed by atoms with Crippen LogP contribution in [0.2, 0.25) is 0 Å². The highest BCUT2D eigenvalue weighted by Crippen LogP contribution is 2.31. The van der Waals surface area contributed by atoms with Crippen molar-refractivity contribution in [2.45, 2.75) is 18.4 Å². The molecule has 0 atom stereocenters. The lowest BCUT2D eigenvalue weighted by molar-refractivity contribution is 0.102. The number of anilines is 1. The van der Waals surface area contributed by atoms with Crippen molar-refractivity contribution in [3.8, 4) is 0 Å². The number of benzene rings is 3. The molecule has 7 nitrogen and oxygen atoms in total. The first-order valence-corrected chi connectivity index (χ1v) is 10.8. The fourth-order valence-electron chi connectivity index (χ4n) is 3.62. The number of nitrogens with two attached hydrogens (primary N) is 1. The summed E-state index contributed by atoms with van der Waals surface area (Å²) in [5.74, 6) is 5.23. The summed E-state index contributed by atoms with van der Waals surface area (Å²) in [6, 6.07) is 21.6. The number of para-hydroxylation sites is 1. The van der Waals surface area contributed by atoms with Gasteiger partial charge in [0.2, 0.25) is 0 Å². The molecule has 1 heterocycles. The Morgan fingerprint density at radius 3 is 2.55 bits per heavy atom. The SMILES string of the molecule is CCn1c2ccccc2c2ccc(NC(=O)c3ccc(SCC(=N)/N=N\N)cc3)cc21. The van der Waals surface area contributed by atoms with Crippen molar-refractivity contribution in [2.24, 2.45) is 16.2 Å². The molecule has 4 aromatic rings. The third kappa shape index (κ3) is 4.29. The Bertz CT molecular complexity index is 1290. The molecule has 0 aliphatic carbocycles. The van der Waals surface area contributed by atoms with E-state index in [-0.39, 0.29) is 11.7 Å². The number of fused-ring (bicyclic) bond motifs is 3. The monoisotopic (exact) mass is 430 g/mol. The van der Waals surface area contributed by atoms with Crippen LogP contribution in [0.4, 0.5) is 5.69 Å². The smallest absolute Gasteiger partial charge is 0.255 e. The predicted molar refractivity (Wildman–Crippen MR) is 127 cm³/mol. The van der Waals surface area contributed by atoms with E-state index in [1.807, 2.05) is 36.4 Å². The van der Waals surface area contributed by atoms with Crippen molar-refractivity contribution >= 4 is 51.0 Å². The van der Waals surface area contributed by atoms with Crippen LogP contribution in [0.3, 0.4) is 0 Å². The van der Waals surface area contributed by atoms with Gasteiger partial charge < -0.3 is 15.7 Å². The Morgan fingerprint density at radius 2 is 1.81 bits per heavy atom. The van der Waals surface area contributed by atoms with Gasteiger partial charge in [-0.3, -0.25) is 10.2 Å². The van der Waals surface area contributed by atoms with Crippen LogP contribution in [0.15, 0.2) is 82.0 Å². The number of thioether (sulfide) groups is 1. The summed E-state index contributed by atoms with van der Waals surface area (Å²) >= 11 is 1.43. The van der Waals surface area contributed by atoms with Crippen molar-refractivity contribution in [2.75, 3.05) is 11.1 Å². The van der Waals surface area contributed by atoms with Crippen LogP contribution in [0.1, 0.15) is 17.3 Å². The number of nitrogens with one attached hydrogen (secondary N) is 2. The minimum Gasteiger partial charge on any atom is -0.341 e. The molecule has 0 fully saturated rings. The highest BCUT2D eigenvalue weighted by Gasteiger charge is 2.12. The normalized spacial score (nSPS) is 11.4. The molecule has 156 valence electrons. The lowest BCUT2D eigenvalue weighted by Gasteiger charge is -2.08. The minimum absolute atomic E-state index is 0.0919. The molecule has 0 bridgehead atoms. The van der Waals surface area contributed by atoms with E-state index in [2.05, 4.69) is 45.3 Å². The average molecular weight is 431 g/mol. The summed E-state index contributed by atoms with van der Waals surface area (Å²) in [5, 5.41) is 19.5. The lowest BCUT2D eigenvalue weighted by atomic mass is 10.1. The van der Waals surface area contributed by atoms with Crippen molar-refractivity contribution in [3.05, 3.63) is 72.3 Å². The van der Waals surface area contributed by atoms with E-state index < -0.39 is 0 Å². The van der Waals surface area contributed by atoms with Crippen LogP contribution in [-0.2, 0) is 6.54 Å². The van der Waals surface area contributed by atoms with Gasteiger partial charge in [0, 0.05) is 39.0 Å². The van der Waals surface area contributed by atoms with Gasteiger partial charge in [-0.2, -0.15) is 0 Å². The van der Waals surface area contributed by atoms with Gasteiger partial charge in [-0.25, -0.2) is 0 Å². The average Bonchev–Trinajstić information content (AvgIpc) is 3.11. The zero-order valence-electron chi connectivity index (χ0n) is 17.0. The largest absolute Gasteiger partial charge is 0.341 e. The highest BCUT2D eigenvalue weighted by molar-refractivity contribution is 8.00. The fourth-order valence-corrected chi connectivity index (χ4v) is 4.31. The Hall–Kier alpha value is -3.65. The number of amides is 1. The van der Waals surface area contributed by atoms with Crippen molar-refractivity contribution in [1.82, 2.24) is 4.57 Å². The quantitative estimate of drug-likeness (QED) is 0.0943. The summed E-state index contributed by atoms with van der Waals surface area (Å²) in [5.41, 5.74) is 3.62. The van der Waals surface area contributed by atoms with Crippen molar-refractivity contribution in [3.63, 3.8) is 0 Å². The lowest BCUT2D eigenvalue weighted by Crippen LogP contribution is -2.11. The number of aromatic nitrogens is 1. The van der Waals surface area contributed by atoms with E-state index in [1.54, 1.807) is 12.1 Å². The molecule has 0 aliphatic rings. The van der Waals surface area contributed by atoms with E-state index >= 15 is 0 Å². The summed E-state index contributed by atoms with van der Waals surface area (Å²) < 4.78 is 2.26. The number of aryl methyl sites for hydroxylation is 1. The number of nitrogens with zero attached hydrogens (tertiary/aromatic N) is 3. The number of hydrogen-bond acceptors (Lipinski definition) is 4. The molecule has 0 spiro atoms. The van der Waals surface area contributed by atoms with Crippen molar-refractivity contribution < 1.29 is 4.79 Å². The van der Waals surface area contributed by atoms with Crippen LogP contribution in [-0.4, -0.2) is 22.1 Å². The zero-order chi connectivity index (χ0) is 21.8. The predicted octanol–water partition coefficient (Wildman–Crippen LogP) is 5.46.